The van der Waals surface area contributed by atoms with Crippen molar-refractivity contribution in [1.29, 1.82) is 0 Å². The van der Waals surface area contributed by atoms with Gasteiger partial charge in [0, 0.05) is 45.3 Å². The van der Waals surface area contributed by atoms with E-state index in [0.717, 1.165) is 11.1 Å². The van der Waals surface area contributed by atoms with Crippen LogP contribution in [-0.2, 0) is 45.7 Å². The zero-order valence-corrected chi connectivity index (χ0v) is 32.2. The summed E-state index contributed by atoms with van der Waals surface area (Å²) < 4.78 is 75.2. The Bertz CT molecular complexity index is 2380. The molecule has 0 bridgehead atoms. The fourth-order valence-corrected chi connectivity index (χ4v) is 8.53. The summed E-state index contributed by atoms with van der Waals surface area (Å²) in [5.41, 5.74) is 5.13. The first-order valence-corrected chi connectivity index (χ1v) is 20.4. The van der Waals surface area contributed by atoms with Crippen molar-refractivity contribution < 1.29 is 50.9 Å². The van der Waals surface area contributed by atoms with Crippen molar-refractivity contribution in [3.63, 3.8) is 0 Å². The molecule has 6 aromatic rings. The first kappa shape index (κ1) is 38.5. The quantitative estimate of drug-likeness (QED) is 0.127. The lowest BCUT2D eigenvalue weighted by Crippen LogP contribution is -2.30. The first-order chi connectivity index (χ1) is 27.2. The van der Waals surface area contributed by atoms with E-state index in [2.05, 4.69) is 29.9 Å². The van der Waals surface area contributed by atoms with Crippen LogP contribution < -0.4 is 0 Å². The Hall–Kier alpha value is -4.36. The van der Waals surface area contributed by atoms with Gasteiger partial charge in [-0.05, 0) is 0 Å². The first-order valence-electron chi connectivity index (χ1n) is 17.5. The zero-order chi connectivity index (χ0) is 38.9. The summed E-state index contributed by atoms with van der Waals surface area (Å²) in [4.78, 5) is 26.9. The largest absolute Gasteiger partial charge is 0.474 e. The Balaban J connectivity index is 0.984. The normalized spacial score (nSPS) is 23.9. The standard InChI is InChI=1S/C35H38N8O11P2/c1-47-55(45,48-2)50-17-27-25(15-29(53-27)43-21-41-33-31(37-19-39-35(33)43)23-12-8-5-9-13-23)54-56(46,49-3)51-16-26-24(44)14-28(52-26)42-20-40-32-30(36-18-38-34(32)42)22-10-6-4-7-11-22/h4-13,18-21,24-29,44H,14-17H2,1-3H3/t24-,25-,26+,27+,28+,29+,56?/m0/s1. The van der Waals surface area contributed by atoms with Gasteiger partial charge in [0.2, 0.25) is 0 Å². The van der Waals surface area contributed by atoms with Crippen molar-refractivity contribution in [1.82, 2.24) is 39.0 Å². The number of rotatable bonds is 15. The molecule has 2 saturated heterocycles. The number of phosphoric ester groups is 2. The molecular formula is C35H38N8O11P2. The minimum atomic E-state index is -4.35. The summed E-state index contributed by atoms with van der Waals surface area (Å²) in [6.45, 7) is -0.701. The van der Waals surface area contributed by atoms with Gasteiger partial charge in [0.15, 0.2) is 11.3 Å². The molecule has 2 aliphatic heterocycles. The van der Waals surface area contributed by atoms with E-state index in [9.17, 15) is 14.2 Å². The Labute approximate surface area is 320 Å². The molecule has 2 aromatic carbocycles. The predicted molar refractivity (Wildman–Crippen MR) is 198 cm³/mol. The average molecular weight is 809 g/mol. The lowest BCUT2D eigenvalue weighted by atomic mass is 10.1. The van der Waals surface area contributed by atoms with Gasteiger partial charge in [-0.15, -0.1) is 0 Å². The van der Waals surface area contributed by atoms with Crippen LogP contribution in [-0.4, -0.2) is 103 Å². The Kier molecular flexibility index (Phi) is 11.2. The number of aliphatic hydroxyl groups excluding tert-OH is 1. The summed E-state index contributed by atoms with van der Waals surface area (Å²) in [5, 5.41) is 11.0. The third-order valence-corrected chi connectivity index (χ3v) is 12.3. The van der Waals surface area contributed by atoms with Crippen molar-refractivity contribution >= 4 is 38.0 Å². The maximum absolute atomic E-state index is 14.0. The van der Waals surface area contributed by atoms with Gasteiger partial charge in [0.1, 0.15) is 65.8 Å². The molecule has 8 rings (SSSR count). The highest BCUT2D eigenvalue weighted by Crippen LogP contribution is 2.54. The molecule has 21 heteroatoms. The highest BCUT2D eigenvalue weighted by Gasteiger charge is 2.45. The number of hydrogen-bond acceptors (Lipinski definition) is 17. The Morgan fingerprint density at radius 1 is 0.661 bits per heavy atom. The Morgan fingerprint density at radius 3 is 1.68 bits per heavy atom. The maximum atomic E-state index is 14.0. The fourth-order valence-electron chi connectivity index (χ4n) is 6.71. The maximum Gasteiger partial charge on any atom is 0.474 e. The molecule has 4 aromatic heterocycles. The van der Waals surface area contributed by atoms with Crippen molar-refractivity contribution in [2.24, 2.45) is 0 Å². The number of aliphatic hydroxyl groups is 1. The van der Waals surface area contributed by atoms with Crippen LogP contribution in [0.25, 0.3) is 44.8 Å². The van der Waals surface area contributed by atoms with Crippen LogP contribution >= 0.6 is 15.6 Å². The molecular weight excluding hydrogens is 770 g/mol. The Morgan fingerprint density at radius 2 is 1.14 bits per heavy atom. The molecule has 1 unspecified atom stereocenters. The van der Waals surface area contributed by atoms with E-state index in [1.165, 1.54) is 34.0 Å². The number of aromatic nitrogens is 8. The van der Waals surface area contributed by atoms with Crippen molar-refractivity contribution in [3.05, 3.63) is 86.0 Å². The lowest BCUT2D eigenvalue weighted by molar-refractivity contribution is -0.0568. The topological polar surface area (TPSA) is 215 Å². The van der Waals surface area contributed by atoms with Crippen LogP contribution in [0.3, 0.4) is 0 Å². The van der Waals surface area contributed by atoms with E-state index >= 15 is 0 Å². The summed E-state index contributed by atoms with van der Waals surface area (Å²) in [6.07, 6.45) is 0.963. The molecule has 2 fully saturated rings. The predicted octanol–water partition coefficient (Wildman–Crippen LogP) is 5.51. The molecule has 19 nitrogen and oxygen atoms in total. The van der Waals surface area contributed by atoms with Gasteiger partial charge < -0.3 is 14.6 Å². The summed E-state index contributed by atoms with van der Waals surface area (Å²) >= 11 is 0. The number of hydrogen-bond donors (Lipinski definition) is 1. The number of phosphoric acid groups is 2. The lowest BCUT2D eigenvalue weighted by Gasteiger charge is -2.25. The third kappa shape index (κ3) is 7.68. The van der Waals surface area contributed by atoms with E-state index in [-0.39, 0.29) is 26.1 Å². The molecule has 0 saturated carbocycles. The SMILES string of the molecule is COP(=O)(OC)OC[C@H]1O[C@@H](n2cnc3c(-c4ccccc4)ncnc32)C[C@@H]1OP(=O)(OC)OC[C@H]1O[C@@H](n2cnc3c(-c4ccccc4)ncnc32)C[C@@H]1O. The van der Waals surface area contributed by atoms with Crippen LogP contribution in [0.2, 0.25) is 0 Å². The highest BCUT2D eigenvalue weighted by molar-refractivity contribution is 7.48. The number of imidazole rings is 2. The third-order valence-electron chi connectivity index (χ3n) is 9.55. The van der Waals surface area contributed by atoms with Crippen LogP contribution in [0.5, 0.6) is 0 Å². The molecule has 0 aliphatic carbocycles. The van der Waals surface area contributed by atoms with Gasteiger partial charge in [-0.1, -0.05) is 60.7 Å². The van der Waals surface area contributed by atoms with Gasteiger partial charge in [0.25, 0.3) is 0 Å². The van der Waals surface area contributed by atoms with Crippen LogP contribution in [0.15, 0.2) is 86.0 Å². The fraction of sp³-hybridized carbons (Fsp3) is 0.371. The van der Waals surface area contributed by atoms with Gasteiger partial charge in [-0.25, -0.2) is 39.0 Å². The van der Waals surface area contributed by atoms with E-state index in [0.29, 0.717) is 33.7 Å². The number of benzene rings is 2. The number of nitrogens with zero attached hydrogens (tertiary/aromatic N) is 8. The van der Waals surface area contributed by atoms with E-state index < -0.39 is 52.5 Å². The highest BCUT2D eigenvalue weighted by atomic mass is 31.2. The van der Waals surface area contributed by atoms with E-state index in [1.54, 1.807) is 21.8 Å². The summed E-state index contributed by atoms with van der Waals surface area (Å²) in [6, 6.07) is 19.1. The molecule has 1 N–H and O–H groups in total. The monoisotopic (exact) mass is 808 g/mol. The van der Waals surface area contributed by atoms with E-state index in [4.69, 9.17) is 36.6 Å². The molecule has 6 heterocycles. The van der Waals surface area contributed by atoms with Gasteiger partial charge in [0.05, 0.1) is 32.0 Å². The second-order valence-corrected chi connectivity index (χ2v) is 16.4. The molecule has 2 aliphatic rings. The second-order valence-electron chi connectivity index (χ2n) is 12.8. The van der Waals surface area contributed by atoms with Gasteiger partial charge in [-0.2, -0.15) is 0 Å². The summed E-state index contributed by atoms with van der Waals surface area (Å²) in [5.74, 6) is 0. The van der Waals surface area contributed by atoms with Gasteiger partial charge >= 0.3 is 15.6 Å². The van der Waals surface area contributed by atoms with E-state index in [1.807, 2.05) is 60.7 Å². The van der Waals surface area contributed by atoms with Crippen molar-refractivity contribution in [2.75, 3.05) is 34.5 Å². The minimum Gasteiger partial charge on any atom is -0.390 e. The molecule has 7 atom stereocenters. The number of ether oxygens (including phenoxy) is 2. The minimum absolute atomic E-state index is 0.0935. The smallest absolute Gasteiger partial charge is 0.390 e. The molecule has 0 spiro atoms. The molecule has 56 heavy (non-hydrogen) atoms. The van der Waals surface area contributed by atoms with Crippen molar-refractivity contribution in [3.8, 4) is 22.5 Å². The van der Waals surface area contributed by atoms with Crippen molar-refractivity contribution in [2.45, 2.75) is 49.7 Å². The summed E-state index contributed by atoms with van der Waals surface area (Å²) in [7, 11) is -4.76. The van der Waals surface area contributed by atoms with Crippen LogP contribution in [0, 0.1) is 0 Å². The zero-order valence-electron chi connectivity index (χ0n) is 30.4. The molecule has 294 valence electrons. The van der Waals surface area contributed by atoms with Crippen LogP contribution in [0.4, 0.5) is 0 Å². The van der Waals surface area contributed by atoms with Crippen LogP contribution in [0.1, 0.15) is 25.3 Å². The molecule has 0 amide bonds. The average Bonchev–Trinajstić information content (AvgIpc) is 4.04. The molecule has 0 radical (unpaired) electrons. The van der Waals surface area contributed by atoms with Gasteiger partial charge in [-0.3, -0.25) is 36.3 Å². The second kappa shape index (κ2) is 16.2. The number of fused-ring (bicyclic) bond motifs is 2.